The maximum Gasteiger partial charge on any atom is 0.131 e. The summed E-state index contributed by atoms with van der Waals surface area (Å²) in [7, 11) is 2.13. The van der Waals surface area contributed by atoms with Gasteiger partial charge in [-0.3, -0.25) is 0 Å². The van der Waals surface area contributed by atoms with E-state index in [4.69, 9.17) is 4.74 Å². The summed E-state index contributed by atoms with van der Waals surface area (Å²) in [5, 5.41) is 3.42. The van der Waals surface area contributed by atoms with Crippen LogP contribution in [0.2, 0.25) is 0 Å². The van der Waals surface area contributed by atoms with Crippen LogP contribution in [0.4, 0.5) is 5.82 Å². The lowest BCUT2D eigenvalue weighted by molar-refractivity contribution is 0.118. The van der Waals surface area contributed by atoms with Crippen LogP contribution in [-0.4, -0.2) is 37.3 Å². The van der Waals surface area contributed by atoms with Gasteiger partial charge in [-0.25, -0.2) is 4.98 Å². The lowest BCUT2D eigenvalue weighted by Gasteiger charge is -2.29. The maximum absolute atomic E-state index is 5.66. The zero-order valence-electron chi connectivity index (χ0n) is 13.1. The molecule has 2 heterocycles. The molecule has 4 heteroatoms. The van der Waals surface area contributed by atoms with Gasteiger partial charge in [-0.15, -0.1) is 0 Å². The molecule has 0 aliphatic carbocycles. The average molecular weight is 277 g/mol. The average Bonchev–Trinajstić information content (AvgIpc) is 2.85. The van der Waals surface area contributed by atoms with E-state index in [1.807, 2.05) is 6.20 Å². The minimum Gasteiger partial charge on any atom is -0.376 e. The lowest BCUT2D eigenvalue weighted by Crippen LogP contribution is -2.37. The molecule has 0 bridgehead atoms. The van der Waals surface area contributed by atoms with Crippen molar-refractivity contribution < 1.29 is 4.74 Å². The molecule has 1 fully saturated rings. The van der Waals surface area contributed by atoms with E-state index in [0.29, 0.717) is 6.04 Å². The summed E-state index contributed by atoms with van der Waals surface area (Å²) < 4.78 is 5.66. The maximum atomic E-state index is 5.66. The van der Waals surface area contributed by atoms with Crippen LogP contribution in [0.15, 0.2) is 12.3 Å². The predicted octanol–water partition coefficient (Wildman–Crippen LogP) is 2.50. The first-order valence-corrected chi connectivity index (χ1v) is 7.64. The normalized spacial score (nSPS) is 22.2. The molecule has 2 atom stereocenters. The van der Waals surface area contributed by atoms with Crippen LogP contribution >= 0.6 is 0 Å². The second kappa shape index (κ2) is 7.04. The quantitative estimate of drug-likeness (QED) is 0.811. The van der Waals surface area contributed by atoms with Gasteiger partial charge in [0.2, 0.25) is 0 Å². The lowest BCUT2D eigenvalue weighted by atomic mass is 10.1. The van der Waals surface area contributed by atoms with Crippen molar-refractivity contribution in [3.8, 4) is 0 Å². The summed E-state index contributed by atoms with van der Waals surface area (Å²) in [5.41, 5.74) is 2.49. The van der Waals surface area contributed by atoms with Gasteiger partial charge in [0.05, 0.1) is 12.1 Å². The third kappa shape index (κ3) is 3.49. The highest BCUT2D eigenvalue weighted by Crippen LogP contribution is 2.25. The number of aromatic nitrogens is 1. The second-order valence-electron chi connectivity index (χ2n) is 5.70. The zero-order valence-corrected chi connectivity index (χ0v) is 13.1. The van der Waals surface area contributed by atoms with Crippen molar-refractivity contribution in [2.24, 2.45) is 0 Å². The molecular formula is C16H27N3O. The zero-order chi connectivity index (χ0) is 14.5. The molecule has 1 saturated heterocycles. The number of anilines is 1. The monoisotopic (exact) mass is 277 g/mol. The van der Waals surface area contributed by atoms with E-state index >= 15 is 0 Å². The van der Waals surface area contributed by atoms with E-state index in [1.165, 1.54) is 11.1 Å². The number of likely N-dealkylation sites (N-methyl/N-ethyl adjacent to an activating group) is 1. The summed E-state index contributed by atoms with van der Waals surface area (Å²) in [6.45, 7) is 9.27. The molecule has 4 nitrogen and oxygen atoms in total. The third-order valence-corrected chi connectivity index (χ3v) is 4.03. The predicted molar refractivity (Wildman–Crippen MR) is 83.2 cm³/mol. The second-order valence-corrected chi connectivity index (χ2v) is 5.70. The van der Waals surface area contributed by atoms with Crippen molar-refractivity contribution in [3.05, 3.63) is 23.4 Å². The fourth-order valence-corrected chi connectivity index (χ4v) is 2.89. The van der Waals surface area contributed by atoms with E-state index in [1.54, 1.807) is 0 Å². The molecule has 0 amide bonds. The number of rotatable bonds is 6. The van der Waals surface area contributed by atoms with Gasteiger partial charge in [-0.05, 0) is 50.4 Å². The number of nitrogens with one attached hydrogen (secondary N) is 1. The first-order chi connectivity index (χ1) is 9.63. The van der Waals surface area contributed by atoms with E-state index in [9.17, 15) is 0 Å². The molecule has 0 spiro atoms. The molecular weight excluding hydrogens is 250 g/mol. The van der Waals surface area contributed by atoms with Gasteiger partial charge >= 0.3 is 0 Å². The Morgan fingerprint density at radius 1 is 1.50 bits per heavy atom. The molecule has 1 aromatic heterocycles. The number of hydrogen-bond donors (Lipinski definition) is 1. The van der Waals surface area contributed by atoms with Gasteiger partial charge in [-0.2, -0.15) is 0 Å². The van der Waals surface area contributed by atoms with Gasteiger partial charge in [-0.1, -0.05) is 6.92 Å². The molecule has 20 heavy (non-hydrogen) atoms. The Bertz CT molecular complexity index is 436. The summed E-state index contributed by atoms with van der Waals surface area (Å²) in [6, 6.07) is 2.67. The fraction of sp³-hybridized carbons (Fsp3) is 0.688. The first kappa shape index (κ1) is 15.3. The molecule has 2 rings (SSSR count). The molecule has 1 N–H and O–H groups in total. The van der Waals surface area contributed by atoms with Crippen molar-refractivity contribution in [3.63, 3.8) is 0 Å². The minimum atomic E-state index is 0.284. The van der Waals surface area contributed by atoms with Crippen LogP contribution in [0.25, 0.3) is 0 Å². The van der Waals surface area contributed by atoms with Crippen LogP contribution in [0.3, 0.4) is 0 Å². The van der Waals surface area contributed by atoms with Crippen molar-refractivity contribution in [2.75, 3.05) is 25.1 Å². The summed E-state index contributed by atoms with van der Waals surface area (Å²) in [5.74, 6) is 1.08. The Balaban J connectivity index is 2.05. The van der Waals surface area contributed by atoms with Gasteiger partial charge < -0.3 is 15.0 Å². The summed E-state index contributed by atoms with van der Waals surface area (Å²) in [6.07, 6.45) is 4.51. The number of aryl methyl sites for hydroxylation is 1. The van der Waals surface area contributed by atoms with Crippen molar-refractivity contribution >= 4 is 5.82 Å². The Labute approximate surface area is 122 Å². The number of ether oxygens (including phenoxy) is 1. The number of nitrogens with zero attached hydrogens (tertiary/aromatic N) is 2. The largest absolute Gasteiger partial charge is 0.376 e. The molecule has 112 valence electrons. The molecule has 1 aromatic rings. The van der Waals surface area contributed by atoms with Crippen LogP contribution in [0.1, 0.15) is 37.8 Å². The fourth-order valence-electron chi connectivity index (χ4n) is 2.89. The Hall–Kier alpha value is -1.13. The molecule has 0 radical (unpaired) electrons. The van der Waals surface area contributed by atoms with E-state index < -0.39 is 0 Å². The minimum absolute atomic E-state index is 0.284. The van der Waals surface area contributed by atoms with Gasteiger partial charge in [0, 0.05) is 26.4 Å². The smallest absolute Gasteiger partial charge is 0.131 e. The van der Waals surface area contributed by atoms with Gasteiger partial charge in [0.15, 0.2) is 0 Å². The highest BCUT2D eigenvalue weighted by Gasteiger charge is 2.29. The van der Waals surface area contributed by atoms with Crippen LogP contribution in [0.5, 0.6) is 0 Å². The summed E-state index contributed by atoms with van der Waals surface area (Å²) in [4.78, 5) is 6.94. The standard InChI is InChI=1S/C16H27N3O/c1-5-7-17-10-14-9-12(2)16(18-11-14)19(4)15-6-8-20-13(15)3/h9,11,13,15,17H,5-8,10H2,1-4H3. The van der Waals surface area contributed by atoms with Crippen LogP contribution in [-0.2, 0) is 11.3 Å². The molecule has 0 aromatic carbocycles. The third-order valence-electron chi connectivity index (χ3n) is 4.03. The van der Waals surface area contributed by atoms with Crippen molar-refractivity contribution in [2.45, 2.75) is 52.3 Å². The van der Waals surface area contributed by atoms with Crippen molar-refractivity contribution in [1.29, 1.82) is 0 Å². The Morgan fingerprint density at radius 3 is 2.90 bits per heavy atom. The highest BCUT2D eigenvalue weighted by atomic mass is 16.5. The molecule has 2 unspecified atom stereocenters. The summed E-state index contributed by atoms with van der Waals surface area (Å²) >= 11 is 0. The SMILES string of the molecule is CCCNCc1cnc(N(C)C2CCOC2C)c(C)c1. The number of pyridine rings is 1. The van der Waals surface area contributed by atoms with Crippen LogP contribution in [0, 0.1) is 6.92 Å². The molecule has 1 aliphatic rings. The van der Waals surface area contributed by atoms with E-state index in [-0.39, 0.29) is 6.10 Å². The van der Waals surface area contributed by atoms with E-state index in [0.717, 1.165) is 38.4 Å². The molecule has 1 aliphatic heterocycles. The van der Waals surface area contributed by atoms with E-state index in [2.05, 4.69) is 49.1 Å². The number of hydrogen-bond acceptors (Lipinski definition) is 4. The topological polar surface area (TPSA) is 37.4 Å². The van der Waals surface area contributed by atoms with Crippen LogP contribution < -0.4 is 10.2 Å². The Kier molecular flexibility index (Phi) is 5.38. The molecule has 0 saturated carbocycles. The van der Waals surface area contributed by atoms with Gasteiger partial charge in [0.1, 0.15) is 5.82 Å². The highest BCUT2D eigenvalue weighted by molar-refractivity contribution is 5.48. The first-order valence-electron chi connectivity index (χ1n) is 7.64. The van der Waals surface area contributed by atoms with Crippen molar-refractivity contribution in [1.82, 2.24) is 10.3 Å². The Morgan fingerprint density at radius 2 is 2.30 bits per heavy atom. The van der Waals surface area contributed by atoms with Gasteiger partial charge in [0.25, 0.3) is 0 Å².